The molecular weight excluding hydrogens is 188 g/mol. The van der Waals surface area contributed by atoms with E-state index < -0.39 is 0 Å². The molecule has 82 valence electrons. The van der Waals surface area contributed by atoms with Gasteiger partial charge < -0.3 is 5.32 Å². The van der Waals surface area contributed by atoms with Crippen molar-refractivity contribution in [3.05, 3.63) is 23.8 Å². The van der Waals surface area contributed by atoms with Crippen LogP contribution in [0.25, 0.3) is 0 Å². The lowest BCUT2D eigenvalue weighted by molar-refractivity contribution is 0.437. The molecule has 0 saturated carbocycles. The van der Waals surface area contributed by atoms with Gasteiger partial charge in [-0.15, -0.1) is 0 Å². The van der Waals surface area contributed by atoms with Crippen molar-refractivity contribution in [1.82, 2.24) is 20.5 Å². The average molecular weight is 206 g/mol. The van der Waals surface area contributed by atoms with Crippen LogP contribution in [0.2, 0.25) is 0 Å². The fourth-order valence-corrected chi connectivity index (χ4v) is 1.90. The summed E-state index contributed by atoms with van der Waals surface area (Å²) in [5, 5.41) is 10.3. The number of hydrogen-bond donors (Lipinski definition) is 2. The maximum atomic E-state index is 4.25. The molecule has 0 bridgehead atoms. The zero-order chi connectivity index (χ0) is 10.5. The van der Waals surface area contributed by atoms with Gasteiger partial charge in [0.25, 0.3) is 0 Å². The quantitative estimate of drug-likeness (QED) is 0.735. The van der Waals surface area contributed by atoms with Gasteiger partial charge in [0.2, 0.25) is 0 Å². The molecule has 0 fully saturated rings. The van der Waals surface area contributed by atoms with E-state index in [1.807, 2.05) is 6.92 Å². The van der Waals surface area contributed by atoms with Crippen molar-refractivity contribution in [2.75, 3.05) is 6.54 Å². The normalized spacial score (nSPS) is 20.7. The largest absolute Gasteiger partial charge is 0.309 e. The van der Waals surface area contributed by atoms with Gasteiger partial charge in [-0.3, -0.25) is 5.10 Å². The van der Waals surface area contributed by atoms with Gasteiger partial charge >= 0.3 is 0 Å². The summed E-state index contributed by atoms with van der Waals surface area (Å²) in [6.45, 7) is 3.75. The Bertz CT molecular complexity index is 329. The molecule has 0 spiro atoms. The molecule has 1 aliphatic rings. The molecule has 1 unspecified atom stereocenters. The number of H-pyrrole nitrogens is 1. The van der Waals surface area contributed by atoms with E-state index in [1.54, 1.807) is 0 Å². The van der Waals surface area contributed by atoms with Gasteiger partial charge in [-0.25, -0.2) is 4.98 Å². The summed E-state index contributed by atoms with van der Waals surface area (Å²) in [6.07, 6.45) is 8.30. The van der Waals surface area contributed by atoms with Gasteiger partial charge in [0.1, 0.15) is 5.82 Å². The number of hydrogen-bond acceptors (Lipinski definition) is 3. The fraction of sp³-hybridized carbons (Fsp3) is 0.636. The first-order valence-corrected chi connectivity index (χ1v) is 5.58. The van der Waals surface area contributed by atoms with Crippen LogP contribution in [0.15, 0.2) is 12.2 Å². The van der Waals surface area contributed by atoms with Crippen molar-refractivity contribution in [3.8, 4) is 0 Å². The summed E-state index contributed by atoms with van der Waals surface area (Å²) < 4.78 is 0. The minimum atomic E-state index is 0.768. The number of rotatable bonds is 4. The number of aromatic amines is 1. The Hall–Kier alpha value is -1.16. The molecule has 2 rings (SSSR count). The van der Waals surface area contributed by atoms with Gasteiger partial charge in [0.05, 0.1) is 6.54 Å². The van der Waals surface area contributed by atoms with Crippen LogP contribution >= 0.6 is 0 Å². The predicted octanol–water partition coefficient (Wildman–Crippen LogP) is 1.56. The lowest BCUT2D eigenvalue weighted by Crippen LogP contribution is -2.23. The van der Waals surface area contributed by atoms with E-state index in [0.29, 0.717) is 0 Å². The number of nitrogens with zero attached hydrogens (tertiary/aromatic N) is 2. The summed E-state index contributed by atoms with van der Waals surface area (Å²) in [5.74, 6) is 2.53. The molecule has 4 heteroatoms. The molecule has 0 aliphatic heterocycles. The Labute approximate surface area is 90.2 Å². The first-order chi connectivity index (χ1) is 7.34. The molecule has 0 saturated heterocycles. The van der Waals surface area contributed by atoms with E-state index in [2.05, 4.69) is 32.7 Å². The molecule has 15 heavy (non-hydrogen) atoms. The second kappa shape index (κ2) is 5.07. The van der Waals surface area contributed by atoms with Crippen molar-refractivity contribution < 1.29 is 0 Å². The Balaban J connectivity index is 1.68. The number of aryl methyl sites for hydroxylation is 1. The molecule has 1 heterocycles. The standard InChI is InChI=1S/C11H18N4/c1-9-13-11(15-14-9)8-12-7-10-5-3-2-4-6-10/h2-3,10,12H,4-8H2,1H3,(H,13,14,15). The zero-order valence-corrected chi connectivity index (χ0v) is 9.16. The Kier molecular flexibility index (Phi) is 3.50. The van der Waals surface area contributed by atoms with Gasteiger partial charge in [0, 0.05) is 0 Å². The first kappa shape index (κ1) is 10.4. The maximum Gasteiger partial charge on any atom is 0.164 e. The third-order valence-corrected chi connectivity index (χ3v) is 2.74. The summed E-state index contributed by atoms with van der Waals surface area (Å²) in [5.41, 5.74) is 0. The summed E-state index contributed by atoms with van der Waals surface area (Å²) in [6, 6.07) is 0. The fourth-order valence-electron chi connectivity index (χ4n) is 1.90. The van der Waals surface area contributed by atoms with Crippen molar-refractivity contribution in [1.29, 1.82) is 0 Å². The topological polar surface area (TPSA) is 53.6 Å². The minimum Gasteiger partial charge on any atom is -0.309 e. The van der Waals surface area contributed by atoms with Gasteiger partial charge in [-0.2, -0.15) is 5.10 Å². The highest BCUT2D eigenvalue weighted by Crippen LogP contribution is 2.16. The maximum absolute atomic E-state index is 4.25. The van der Waals surface area contributed by atoms with Gasteiger partial charge in [0.15, 0.2) is 5.82 Å². The van der Waals surface area contributed by atoms with E-state index in [9.17, 15) is 0 Å². The number of allylic oxidation sites excluding steroid dienone is 2. The van der Waals surface area contributed by atoms with Crippen LogP contribution in [-0.2, 0) is 6.54 Å². The molecule has 2 N–H and O–H groups in total. The van der Waals surface area contributed by atoms with Gasteiger partial charge in [-0.05, 0) is 38.6 Å². The summed E-state index contributed by atoms with van der Waals surface area (Å²) in [4.78, 5) is 4.25. The molecule has 1 aliphatic carbocycles. The lowest BCUT2D eigenvalue weighted by atomic mass is 9.94. The second-order valence-electron chi connectivity index (χ2n) is 4.12. The molecule has 0 aromatic carbocycles. The van der Waals surface area contributed by atoms with Crippen LogP contribution in [-0.4, -0.2) is 21.7 Å². The highest BCUT2D eigenvalue weighted by Gasteiger charge is 2.09. The monoisotopic (exact) mass is 206 g/mol. The van der Waals surface area contributed by atoms with E-state index in [-0.39, 0.29) is 0 Å². The lowest BCUT2D eigenvalue weighted by Gasteiger charge is -2.17. The van der Waals surface area contributed by atoms with Crippen LogP contribution in [0.4, 0.5) is 0 Å². The Morgan fingerprint density at radius 3 is 3.13 bits per heavy atom. The Morgan fingerprint density at radius 1 is 1.53 bits per heavy atom. The smallest absolute Gasteiger partial charge is 0.164 e. The molecule has 1 aromatic rings. The average Bonchev–Trinajstić information content (AvgIpc) is 2.66. The van der Waals surface area contributed by atoms with Crippen molar-refractivity contribution >= 4 is 0 Å². The van der Waals surface area contributed by atoms with Crippen LogP contribution in [0, 0.1) is 12.8 Å². The molecule has 0 amide bonds. The van der Waals surface area contributed by atoms with Gasteiger partial charge in [-0.1, -0.05) is 12.2 Å². The first-order valence-electron chi connectivity index (χ1n) is 5.58. The van der Waals surface area contributed by atoms with Crippen LogP contribution < -0.4 is 5.32 Å². The van der Waals surface area contributed by atoms with Crippen LogP contribution in [0.1, 0.15) is 30.9 Å². The highest BCUT2D eigenvalue weighted by atomic mass is 15.2. The number of aromatic nitrogens is 3. The molecule has 0 radical (unpaired) electrons. The van der Waals surface area contributed by atoms with Crippen LogP contribution in [0.5, 0.6) is 0 Å². The van der Waals surface area contributed by atoms with Crippen molar-refractivity contribution in [2.45, 2.75) is 32.7 Å². The third kappa shape index (κ3) is 3.16. The zero-order valence-electron chi connectivity index (χ0n) is 9.16. The third-order valence-electron chi connectivity index (χ3n) is 2.74. The van der Waals surface area contributed by atoms with Crippen molar-refractivity contribution in [3.63, 3.8) is 0 Å². The van der Waals surface area contributed by atoms with Crippen molar-refractivity contribution in [2.24, 2.45) is 5.92 Å². The van der Waals surface area contributed by atoms with E-state index in [1.165, 1.54) is 19.3 Å². The van der Waals surface area contributed by atoms with Crippen LogP contribution in [0.3, 0.4) is 0 Å². The molecule has 1 aromatic heterocycles. The van der Waals surface area contributed by atoms with E-state index in [0.717, 1.165) is 30.7 Å². The highest BCUT2D eigenvalue weighted by molar-refractivity contribution is 4.91. The molecule has 1 atom stereocenters. The second-order valence-corrected chi connectivity index (χ2v) is 4.12. The predicted molar refractivity (Wildman–Crippen MR) is 59.3 cm³/mol. The molecule has 4 nitrogen and oxygen atoms in total. The summed E-state index contributed by atoms with van der Waals surface area (Å²) >= 11 is 0. The summed E-state index contributed by atoms with van der Waals surface area (Å²) in [7, 11) is 0. The van der Waals surface area contributed by atoms with E-state index in [4.69, 9.17) is 0 Å². The SMILES string of the molecule is Cc1nc(CNCC2CC=CCC2)n[nH]1. The molecular formula is C11H18N4. The number of nitrogens with one attached hydrogen (secondary N) is 2. The minimum absolute atomic E-state index is 0.768. The van der Waals surface area contributed by atoms with E-state index >= 15 is 0 Å². The Morgan fingerprint density at radius 2 is 2.47 bits per heavy atom.